The third-order valence-electron chi connectivity index (χ3n) is 3.45. The summed E-state index contributed by atoms with van der Waals surface area (Å²) in [5.74, 6) is -0.278. The molecule has 19 heavy (non-hydrogen) atoms. The van der Waals surface area contributed by atoms with Gasteiger partial charge in [-0.1, -0.05) is 24.4 Å². The number of amides is 1. The first-order chi connectivity index (χ1) is 9.07. The highest BCUT2D eigenvalue weighted by Gasteiger charge is 2.38. The zero-order valence-electron chi connectivity index (χ0n) is 10.4. The average molecular weight is 286 g/mol. The van der Waals surface area contributed by atoms with Crippen LogP contribution in [0.1, 0.15) is 42.7 Å². The van der Waals surface area contributed by atoms with Crippen molar-refractivity contribution >= 4 is 23.3 Å². The van der Waals surface area contributed by atoms with Crippen LogP contribution in [0.15, 0.2) is 21.7 Å². The second kappa shape index (κ2) is 5.52. The fraction of sp³-hybridized carbons (Fsp3) is 0.500. The lowest BCUT2D eigenvalue weighted by Crippen LogP contribution is -2.58. The Morgan fingerprint density at radius 1 is 1.42 bits per heavy atom. The topological polar surface area (TPSA) is 101 Å². The van der Waals surface area contributed by atoms with Gasteiger partial charge in [-0.3, -0.25) is 4.79 Å². The van der Waals surface area contributed by atoms with Crippen LogP contribution in [0, 0.1) is 0 Å². The van der Waals surface area contributed by atoms with Gasteiger partial charge in [0, 0.05) is 0 Å². The number of carbonyl (C=O) groups is 1. The summed E-state index contributed by atoms with van der Waals surface area (Å²) in [4.78, 5) is 12.1. The number of oxime groups is 1. The van der Waals surface area contributed by atoms with Crippen LogP contribution in [0.3, 0.4) is 0 Å². The van der Waals surface area contributed by atoms with E-state index in [1.165, 1.54) is 12.1 Å². The van der Waals surface area contributed by atoms with Gasteiger partial charge in [-0.05, 0) is 36.6 Å². The minimum Gasteiger partial charge on any atom is -0.440 e. The van der Waals surface area contributed by atoms with Gasteiger partial charge >= 0.3 is 0 Å². The summed E-state index contributed by atoms with van der Waals surface area (Å²) in [6.45, 7) is 0. The number of carbonyl (C=O) groups excluding carboxylic acids is 1. The number of furan rings is 1. The predicted molar refractivity (Wildman–Crippen MR) is 70.4 cm³/mol. The van der Waals surface area contributed by atoms with Crippen LogP contribution < -0.4 is 11.1 Å². The Bertz CT molecular complexity index is 492. The van der Waals surface area contributed by atoms with E-state index in [2.05, 4.69) is 10.5 Å². The van der Waals surface area contributed by atoms with Gasteiger partial charge in [0.25, 0.3) is 5.91 Å². The van der Waals surface area contributed by atoms with E-state index < -0.39 is 11.4 Å². The van der Waals surface area contributed by atoms with E-state index in [0.717, 1.165) is 19.3 Å². The molecule has 1 aliphatic carbocycles. The summed E-state index contributed by atoms with van der Waals surface area (Å²) in [6.07, 6.45) is 4.18. The largest absolute Gasteiger partial charge is 0.440 e. The van der Waals surface area contributed by atoms with Gasteiger partial charge in [-0.15, -0.1) is 0 Å². The Labute approximate surface area is 115 Å². The molecule has 1 saturated carbocycles. The Morgan fingerprint density at radius 2 is 2.11 bits per heavy atom. The first-order valence-corrected chi connectivity index (χ1v) is 6.51. The monoisotopic (exact) mass is 285 g/mol. The molecule has 0 atom stereocenters. The van der Waals surface area contributed by atoms with Crippen molar-refractivity contribution in [1.29, 1.82) is 0 Å². The molecule has 0 bridgehead atoms. The maximum Gasteiger partial charge on any atom is 0.287 e. The first kappa shape index (κ1) is 13.7. The number of hydrogen-bond donors (Lipinski definition) is 3. The van der Waals surface area contributed by atoms with Crippen LogP contribution in [-0.2, 0) is 0 Å². The van der Waals surface area contributed by atoms with Gasteiger partial charge in [-0.25, -0.2) is 0 Å². The van der Waals surface area contributed by atoms with Crippen molar-refractivity contribution in [3.05, 3.63) is 23.1 Å². The van der Waals surface area contributed by atoms with E-state index in [9.17, 15) is 4.79 Å². The second-order valence-corrected chi connectivity index (χ2v) is 5.06. The Morgan fingerprint density at radius 3 is 2.63 bits per heavy atom. The summed E-state index contributed by atoms with van der Waals surface area (Å²) in [7, 11) is 0. The molecule has 1 aromatic heterocycles. The number of nitrogens with zero attached hydrogens (tertiary/aromatic N) is 1. The van der Waals surface area contributed by atoms with Crippen molar-refractivity contribution in [2.45, 2.75) is 37.6 Å². The minimum atomic E-state index is -0.802. The molecule has 1 heterocycles. The molecule has 0 radical (unpaired) electrons. The molecule has 1 fully saturated rings. The van der Waals surface area contributed by atoms with Gasteiger partial charge in [0.15, 0.2) is 16.8 Å². The molecule has 104 valence electrons. The average Bonchev–Trinajstić information content (AvgIpc) is 2.85. The smallest absolute Gasteiger partial charge is 0.287 e. The summed E-state index contributed by atoms with van der Waals surface area (Å²) in [5.41, 5.74) is 4.94. The van der Waals surface area contributed by atoms with E-state index in [1.54, 1.807) is 0 Å². The van der Waals surface area contributed by atoms with Crippen molar-refractivity contribution in [2.75, 3.05) is 0 Å². The van der Waals surface area contributed by atoms with Crippen LogP contribution in [0.4, 0.5) is 0 Å². The summed E-state index contributed by atoms with van der Waals surface area (Å²) < 4.78 is 5.06. The van der Waals surface area contributed by atoms with Crippen molar-refractivity contribution in [2.24, 2.45) is 10.9 Å². The highest BCUT2D eigenvalue weighted by molar-refractivity contribution is 6.29. The Kier molecular flexibility index (Phi) is 3.99. The van der Waals surface area contributed by atoms with E-state index in [1.807, 2.05) is 0 Å². The molecular formula is C12H16ClN3O3. The molecule has 1 amide bonds. The second-order valence-electron chi connectivity index (χ2n) is 4.69. The van der Waals surface area contributed by atoms with Crippen molar-refractivity contribution in [1.82, 2.24) is 5.32 Å². The SMILES string of the molecule is N/C(=N/O)C1(NC(=O)c2ccc(Cl)o2)CCCCC1. The van der Waals surface area contributed by atoms with Crippen LogP contribution in [-0.4, -0.2) is 22.5 Å². The summed E-state index contributed by atoms with van der Waals surface area (Å²) in [5, 5.41) is 14.9. The lowest BCUT2D eigenvalue weighted by atomic mass is 9.80. The summed E-state index contributed by atoms with van der Waals surface area (Å²) >= 11 is 5.64. The fourth-order valence-corrected chi connectivity index (χ4v) is 2.56. The lowest BCUT2D eigenvalue weighted by Gasteiger charge is -2.36. The van der Waals surface area contributed by atoms with Gasteiger partial charge in [0.2, 0.25) is 0 Å². The number of nitrogens with two attached hydrogens (primary N) is 1. The van der Waals surface area contributed by atoms with Gasteiger partial charge in [0.1, 0.15) is 5.54 Å². The molecule has 0 aromatic carbocycles. The standard InChI is InChI=1S/C12H16ClN3O3/c13-9-5-4-8(19-9)10(17)15-12(11(14)16-18)6-2-1-3-7-12/h4-5,18H,1-3,6-7H2,(H2,14,16)(H,15,17). The van der Waals surface area contributed by atoms with E-state index >= 15 is 0 Å². The van der Waals surface area contributed by atoms with Crippen molar-refractivity contribution in [3.63, 3.8) is 0 Å². The number of hydrogen-bond acceptors (Lipinski definition) is 4. The number of amidine groups is 1. The highest BCUT2D eigenvalue weighted by atomic mass is 35.5. The zero-order valence-corrected chi connectivity index (χ0v) is 11.1. The quantitative estimate of drug-likeness (QED) is 0.343. The maximum atomic E-state index is 12.1. The minimum absolute atomic E-state index is 0.0261. The van der Waals surface area contributed by atoms with Gasteiger partial charge in [-0.2, -0.15) is 0 Å². The predicted octanol–water partition coefficient (Wildman–Crippen LogP) is 2.11. The van der Waals surface area contributed by atoms with E-state index in [-0.39, 0.29) is 16.8 Å². The number of halogens is 1. The molecule has 1 aliphatic rings. The van der Waals surface area contributed by atoms with Gasteiger partial charge in [0.05, 0.1) is 0 Å². The molecule has 0 spiro atoms. The summed E-state index contributed by atoms with van der Waals surface area (Å²) in [6, 6.07) is 2.98. The normalized spacial score (nSPS) is 19.1. The first-order valence-electron chi connectivity index (χ1n) is 6.13. The molecule has 2 rings (SSSR count). The van der Waals surface area contributed by atoms with Crippen LogP contribution in [0.5, 0.6) is 0 Å². The number of rotatable bonds is 3. The van der Waals surface area contributed by atoms with E-state index in [4.69, 9.17) is 27.0 Å². The maximum absolute atomic E-state index is 12.1. The fourth-order valence-electron chi connectivity index (χ4n) is 2.41. The molecule has 6 nitrogen and oxygen atoms in total. The van der Waals surface area contributed by atoms with Crippen LogP contribution >= 0.6 is 11.6 Å². The van der Waals surface area contributed by atoms with E-state index in [0.29, 0.717) is 12.8 Å². The number of nitrogens with one attached hydrogen (secondary N) is 1. The van der Waals surface area contributed by atoms with Crippen molar-refractivity contribution < 1.29 is 14.4 Å². The highest BCUT2D eigenvalue weighted by Crippen LogP contribution is 2.29. The van der Waals surface area contributed by atoms with Crippen LogP contribution in [0.2, 0.25) is 5.22 Å². The molecule has 0 aliphatic heterocycles. The molecule has 0 unspecified atom stereocenters. The third-order valence-corrected chi connectivity index (χ3v) is 3.66. The lowest BCUT2D eigenvalue weighted by molar-refractivity contribution is 0.0877. The Hall–Kier alpha value is -1.69. The molecular weight excluding hydrogens is 270 g/mol. The molecule has 0 saturated heterocycles. The van der Waals surface area contributed by atoms with Crippen LogP contribution in [0.25, 0.3) is 0 Å². The van der Waals surface area contributed by atoms with Gasteiger partial charge < -0.3 is 20.7 Å². The third kappa shape index (κ3) is 2.84. The Balaban J connectivity index is 2.19. The molecule has 1 aromatic rings. The van der Waals surface area contributed by atoms with Crippen molar-refractivity contribution in [3.8, 4) is 0 Å². The molecule has 7 heteroatoms. The zero-order chi connectivity index (χ0) is 13.9. The molecule has 4 N–H and O–H groups in total.